The zero-order valence-corrected chi connectivity index (χ0v) is 12.9. The molecular formula is C18H25NO2. The molecule has 0 heterocycles. The third-order valence-corrected chi connectivity index (χ3v) is 3.48. The van der Waals surface area contributed by atoms with Gasteiger partial charge in [-0.25, -0.2) is 4.79 Å². The monoisotopic (exact) mass is 287 g/mol. The number of carbonyl (C=O) groups is 1. The maximum Gasteiger partial charge on any atom is 0.338 e. The van der Waals surface area contributed by atoms with Gasteiger partial charge >= 0.3 is 5.97 Å². The summed E-state index contributed by atoms with van der Waals surface area (Å²) in [4.78, 5) is 11.7. The minimum atomic E-state index is -0.303. The molecule has 0 aromatic heterocycles. The highest BCUT2D eigenvalue weighted by Crippen LogP contribution is 2.09. The molecule has 0 saturated heterocycles. The fraction of sp³-hybridized carbons (Fsp3) is 0.556. The van der Waals surface area contributed by atoms with E-state index < -0.39 is 0 Å². The van der Waals surface area contributed by atoms with Crippen molar-refractivity contribution < 1.29 is 9.53 Å². The molecule has 0 radical (unpaired) electrons. The Balaban J connectivity index is 2.07. The number of esters is 1. The molecule has 0 atom stereocenters. The summed E-state index contributed by atoms with van der Waals surface area (Å²) in [7, 11) is 0. The Morgan fingerprint density at radius 3 is 2.14 bits per heavy atom. The molecule has 3 heteroatoms. The van der Waals surface area contributed by atoms with Crippen LogP contribution in [-0.4, -0.2) is 12.6 Å². The largest absolute Gasteiger partial charge is 0.462 e. The average molecular weight is 287 g/mol. The Labute approximate surface area is 127 Å². The predicted molar refractivity (Wildman–Crippen MR) is 84.0 cm³/mol. The van der Waals surface area contributed by atoms with E-state index in [4.69, 9.17) is 10.00 Å². The fourth-order valence-corrected chi connectivity index (χ4v) is 2.16. The Bertz CT molecular complexity index is 445. The van der Waals surface area contributed by atoms with Crippen LogP contribution in [0.25, 0.3) is 0 Å². The molecule has 0 N–H and O–H groups in total. The molecule has 0 bridgehead atoms. The number of benzene rings is 1. The van der Waals surface area contributed by atoms with Crippen LogP contribution in [0.2, 0.25) is 0 Å². The van der Waals surface area contributed by atoms with Gasteiger partial charge in [-0.1, -0.05) is 51.9 Å². The molecule has 0 unspecified atom stereocenters. The number of ether oxygens (including phenoxy) is 1. The lowest BCUT2D eigenvalue weighted by atomic mass is 10.1. The van der Waals surface area contributed by atoms with E-state index in [0.29, 0.717) is 17.7 Å². The molecule has 0 saturated carbocycles. The highest BCUT2D eigenvalue weighted by atomic mass is 16.5. The number of hydrogen-bond donors (Lipinski definition) is 0. The maximum atomic E-state index is 11.7. The van der Waals surface area contributed by atoms with Gasteiger partial charge in [0.2, 0.25) is 0 Å². The standard InChI is InChI=1S/C18H25NO2/c1-2-3-4-5-6-7-8-9-14-21-18(20)17-12-10-16(15-19)11-13-17/h10-13H,2-9,14H2,1H3. The molecule has 21 heavy (non-hydrogen) atoms. The lowest BCUT2D eigenvalue weighted by Gasteiger charge is -2.05. The van der Waals surface area contributed by atoms with Gasteiger partial charge in [0.1, 0.15) is 0 Å². The third-order valence-electron chi connectivity index (χ3n) is 3.48. The molecule has 0 aliphatic rings. The number of nitrogens with zero attached hydrogens (tertiary/aromatic N) is 1. The van der Waals surface area contributed by atoms with Gasteiger partial charge in [-0.2, -0.15) is 5.26 Å². The van der Waals surface area contributed by atoms with Gasteiger partial charge in [0.05, 0.1) is 23.8 Å². The van der Waals surface area contributed by atoms with Crippen molar-refractivity contribution in [2.45, 2.75) is 58.3 Å². The van der Waals surface area contributed by atoms with Crippen molar-refractivity contribution in [2.24, 2.45) is 0 Å². The maximum absolute atomic E-state index is 11.7. The molecule has 0 aliphatic heterocycles. The van der Waals surface area contributed by atoms with Crippen LogP contribution in [0.15, 0.2) is 24.3 Å². The number of nitriles is 1. The van der Waals surface area contributed by atoms with Crippen LogP contribution in [0.4, 0.5) is 0 Å². The van der Waals surface area contributed by atoms with E-state index in [1.165, 1.54) is 38.5 Å². The second kappa shape index (κ2) is 10.9. The van der Waals surface area contributed by atoms with Crippen molar-refractivity contribution in [3.63, 3.8) is 0 Å². The molecule has 114 valence electrons. The molecule has 1 aromatic carbocycles. The van der Waals surface area contributed by atoms with Crippen LogP contribution >= 0.6 is 0 Å². The minimum Gasteiger partial charge on any atom is -0.462 e. The molecular weight excluding hydrogens is 262 g/mol. The van der Waals surface area contributed by atoms with Crippen molar-refractivity contribution >= 4 is 5.97 Å². The fourth-order valence-electron chi connectivity index (χ4n) is 2.16. The van der Waals surface area contributed by atoms with E-state index in [0.717, 1.165) is 12.8 Å². The molecule has 0 spiro atoms. The normalized spacial score (nSPS) is 10.1. The van der Waals surface area contributed by atoms with E-state index in [1.807, 2.05) is 6.07 Å². The Hall–Kier alpha value is -1.82. The lowest BCUT2D eigenvalue weighted by Crippen LogP contribution is -2.06. The number of rotatable bonds is 10. The first-order chi connectivity index (χ1) is 10.3. The first-order valence-electron chi connectivity index (χ1n) is 7.95. The van der Waals surface area contributed by atoms with E-state index in [-0.39, 0.29) is 5.97 Å². The summed E-state index contributed by atoms with van der Waals surface area (Å²) < 4.78 is 5.22. The number of unbranched alkanes of at least 4 members (excludes halogenated alkanes) is 7. The van der Waals surface area contributed by atoms with Gasteiger partial charge in [0.25, 0.3) is 0 Å². The van der Waals surface area contributed by atoms with Crippen LogP contribution < -0.4 is 0 Å². The second-order valence-electron chi connectivity index (χ2n) is 5.30. The van der Waals surface area contributed by atoms with Crippen LogP contribution in [-0.2, 0) is 4.74 Å². The van der Waals surface area contributed by atoms with Gasteiger partial charge in [-0.3, -0.25) is 0 Å². The summed E-state index contributed by atoms with van der Waals surface area (Å²) in [5.74, 6) is -0.303. The average Bonchev–Trinajstić information content (AvgIpc) is 2.53. The summed E-state index contributed by atoms with van der Waals surface area (Å²) in [6, 6.07) is 8.56. The van der Waals surface area contributed by atoms with E-state index in [1.54, 1.807) is 24.3 Å². The highest BCUT2D eigenvalue weighted by molar-refractivity contribution is 5.89. The smallest absolute Gasteiger partial charge is 0.338 e. The van der Waals surface area contributed by atoms with Gasteiger partial charge in [0.15, 0.2) is 0 Å². The first-order valence-corrected chi connectivity index (χ1v) is 7.95. The zero-order valence-electron chi connectivity index (χ0n) is 12.9. The lowest BCUT2D eigenvalue weighted by molar-refractivity contribution is 0.0497. The first kappa shape index (κ1) is 17.2. The van der Waals surface area contributed by atoms with Gasteiger partial charge in [-0.15, -0.1) is 0 Å². The summed E-state index contributed by atoms with van der Waals surface area (Å²) in [6.07, 6.45) is 9.82. The molecule has 1 aromatic rings. The van der Waals surface area contributed by atoms with Gasteiger partial charge in [0, 0.05) is 0 Å². The molecule has 1 rings (SSSR count). The Morgan fingerprint density at radius 1 is 1.00 bits per heavy atom. The third kappa shape index (κ3) is 7.51. The van der Waals surface area contributed by atoms with Crippen LogP contribution in [0, 0.1) is 11.3 Å². The SMILES string of the molecule is CCCCCCCCCCOC(=O)c1ccc(C#N)cc1. The number of hydrogen-bond acceptors (Lipinski definition) is 3. The summed E-state index contributed by atoms with van der Waals surface area (Å²) in [5, 5.41) is 8.69. The molecule has 0 aliphatic carbocycles. The topological polar surface area (TPSA) is 50.1 Å². The van der Waals surface area contributed by atoms with Crippen molar-refractivity contribution in [2.75, 3.05) is 6.61 Å². The number of carbonyl (C=O) groups excluding carboxylic acids is 1. The van der Waals surface area contributed by atoms with Crippen molar-refractivity contribution in [3.05, 3.63) is 35.4 Å². The molecule has 0 amide bonds. The van der Waals surface area contributed by atoms with Gasteiger partial charge < -0.3 is 4.74 Å². The van der Waals surface area contributed by atoms with Crippen LogP contribution in [0.3, 0.4) is 0 Å². The van der Waals surface area contributed by atoms with E-state index in [9.17, 15) is 4.79 Å². The summed E-state index contributed by atoms with van der Waals surface area (Å²) >= 11 is 0. The predicted octanol–water partition coefficient (Wildman–Crippen LogP) is 4.86. The van der Waals surface area contributed by atoms with Crippen LogP contribution in [0.1, 0.15) is 74.2 Å². The van der Waals surface area contributed by atoms with E-state index >= 15 is 0 Å². The Kier molecular flexibility index (Phi) is 8.95. The van der Waals surface area contributed by atoms with E-state index in [2.05, 4.69) is 6.92 Å². The van der Waals surface area contributed by atoms with Gasteiger partial charge in [-0.05, 0) is 30.7 Å². The zero-order chi connectivity index (χ0) is 15.3. The minimum absolute atomic E-state index is 0.303. The quantitative estimate of drug-likeness (QED) is 0.456. The summed E-state index contributed by atoms with van der Waals surface area (Å²) in [5.41, 5.74) is 1.06. The Morgan fingerprint density at radius 2 is 1.57 bits per heavy atom. The molecule has 3 nitrogen and oxygen atoms in total. The second-order valence-corrected chi connectivity index (χ2v) is 5.30. The van der Waals surface area contributed by atoms with Crippen LogP contribution in [0.5, 0.6) is 0 Å². The van der Waals surface area contributed by atoms with Crippen molar-refractivity contribution in [3.8, 4) is 6.07 Å². The highest BCUT2D eigenvalue weighted by Gasteiger charge is 2.06. The molecule has 0 fully saturated rings. The van der Waals surface area contributed by atoms with Crippen molar-refractivity contribution in [1.82, 2.24) is 0 Å². The summed E-state index contributed by atoms with van der Waals surface area (Å²) in [6.45, 7) is 2.70. The van der Waals surface area contributed by atoms with Crippen molar-refractivity contribution in [1.29, 1.82) is 5.26 Å².